The minimum Gasteiger partial charge on any atom is -0.481 e. The molecule has 1 aromatic heterocycles. The van der Waals surface area contributed by atoms with Gasteiger partial charge in [0.25, 0.3) is 0 Å². The van der Waals surface area contributed by atoms with E-state index in [0.29, 0.717) is 19.5 Å². The van der Waals surface area contributed by atoms with Crippen molar-refractivity contribution in [2.75, 3.05) is 13.1 Å². The highest BCUT2D eigenvalue weighted by Crippen LogP contribution is 2.29. The highest BCUT2D eigenvalue weighted by Gasteiger charge is 2.29. The van der Waals surface area contributed by atoms with Crippen LogP contribution in [-0.4, -0.2) is 45.9 Å². The van der Waals surface area contributed by atoms with Gasteiger partial charge < -0.3 is 19.3 Å². The smallest absolute Gasteiger partial charge is 0.410 e. The molecule has 0 bridgehead atoms. The van der Waals surface area contributed by atoms with Crippen LogP contribution in [-0.2, 0) is 16.0 Å². The summed E-state index contributed by atoms with van der Waals surface area (Å²) in [5, 5.41) is 12.9. The number of carbonyl (C=O) groups excluding carboxylic acids is 1. The molecule has 0 saturated carbocycles. The van der Waals surface area contributed by atoms with E-state index in [4.69, 9.17) is 14.4 Å². The van der Waals surface area contributed by atoms with Gasteiger partial charge in [-0.15, -0.1) is 0 Å². The van der Waals surface area contributed by atoms with Gasteiger partial charge in [-0.25, -0.2) is 4.79 Å². The topological polar surface area (TPSA) is 92.9 Å². The number of carbonyl (C=O) groups is 2. The number of carboxylic acid groups (broad SMARTS) is 1. The van der Waals surface area contributed by atoms with E-state index in [2.05, 4.69) is 5.16 Å². The average molecular weight is 352 g/mol. The molecule has 1 amide bonds. The Kier molecular flexibility index (Phi) is 6.08. The minimum absolute atomic E-state index is 0.0180. The van der Waals surface area contributed by atoms with Crippen LogP contribution in [0.15, 0.2) is 10.6 Å². The van der Waals surface area contributed by atoms with Crippen molar-refractivity contribution >= 4 is 12.1 Å². The maximum atomic E-state index is 12.1. The third-order valence-corrected chi connectivity index (χ3v) is 4.21. The summed E-state index contributed by atoms with van der Waals surface area (Å²) in [7, 11) is 0. The van der Waals surface area contributed by atoms with E-state index in [0.717, 1.165) is 24.3 Å². The fourth-order valence-corrected chi connectivity index (χ4v) is 3.02. The summed E-state index contributed by atoms with van der Waals surface area (Å²) >= 11 is 0. The zero-order valence-electron chi connectivity index (χ0n) is 15.4. The van der Waals surface area contributed by atoms with Gasteiger partial charge in [-0.05, 0) is 46.0 Å². The maximum absolute atomic E-state index is 12.1. The Morgan fingerprint density at radius 2 is 2.04 bits per heavy atom. The van der Waals surface area contributed by atoms with Crippen molar-refractivity contribution in [3.63, 3.8) is 0 Å². The number of hydrogen-bond donors (Lipinski definition) is 1. The van der Waals surface area contributed by atoms with Crippen LogP contribution in [0.25, 0.3) is 0 Å². The van der Waals surface area contributed by atoms with E-state index in [1.165, 1.54) is 0 Å². The van der Waals surface area contributed by atoms with Crippen LogP contribution in [0.1, 0.15) is 64.3 Å². The molecule has 1 atom stereocenters. The fraction of sp³-hybridized carbons (Fsp3) is 0.722. The summed E-state index contributed by atoms with van der Waals surface area (Å²) in [4.78, 5) is 24.6. The van der Waals surface area contributed by atoms with Gasteiger partial charge in [0.1, 0.15) is 11.4 Å². The number of amides is 1. The fourth-order valence-electron chi connectivity index (χ4n) is 3.02. The van der Waals surface area contributed by atoms with Crippen molar-refractivity contribution in [1.82, 2.24) is 10.1 Å². The van der Waals surface area contributed by atoms with Crippen LogP contribution in [0.3, 0.4) is 0 Å². The average Bonchev–Trinajstić information content (AvgIpc) is 2.93. The third-order valence-electron chi connectivity index (χ3n) is 4.21. The highest BCUT2D eigenvalue weighted by atomic mass is 16.6. The molecule has 1 unspecified atom stereocenters. The molecular weight excluding hydrogens is 324 g/mol. The number of rotatable bonds is 5. The van der Waals surface area contributed by atoms with Crippen molar-refractivity contribution in [1.29, 1.82) is 0 Å². The first-order chi connectivity index (χ1) is 11.6. The molecule has 1 saturated heterocycles. The number of carboxylic acids is 1. The third kappa shape index (κ3) is 6.07. The van der Waals surface area contributed by atoms with Crippen molar-refractivity contribution in [2.45, 2.75) is 64.9 Å². The van der Waals surface area contributed by atoms with Crippen LogP contribution < -0.4 is 0 Å². The standard InChI is InChI=1S/C18H28N2O5/c1-12(10-16(21)22)9-14-11-15(25-19-14)13-5-7-20(8-6-13)17(23)24-18(2,3)4/h11-13H,5-10H2,1-4H3,(H,21,22). The van der Waals surface area contributed by atoms with Gasteiger partial charge in [-0.1, -0.05) is 12.1 Å². The van der Waals surface area contributed by atoms with Crippen LogP contribution in [0.2, 0.25) is 0 Å². The molecule has 140 valence electrons. The predicted octanol–water partition coefficient (Wildman–Crippen LogP) is 3.44. The molecule has 2 rings (SSSR count). The number of aliphatic carboxylic acids is 1. The van der Waals surface area contributed by atoms with Crippen LogP contribution in [0, 0.1) is 5.92 Å². The molecule has 0 aliphatic carbocycles. The molecule has 2 heterocycles. The molecule has 0 aromatic carbocycles. The van der Waals surface area contributed by atoms with E-state index in [1.54, 1.807) is 4.90 Å². The monoisotopic (exact) mass is 352 g/mol. The summed E-state index contributed by atoms with van der Waals surface area (Å²) in [6.45, 7) is 8.73. The second-order valence-electron chi connectivity index (χ2n) is 7.87. The van der Waals surface area contributed by atoms with Crippen molar-refractivity contribution in [3.05, 3.63) is 17.5 Å². The van der Waals surface area contributed by atoms with E-state index in [1.807, 2.05) is 33.8 Å². The Hall–Kier alpha value is -2.05. The van der Waals surface area contributed by atoms with Gasteiger partial charge in [0.15, 0.2) is 0 Å². The molecular formula is C18H28N2O5. The second kappa shape index (κ2) is 7.89. The Balaban J connectivity index is 1.85. The first kappa shape index (κ1) is 19.3. The number of piperidine rings is 1. The lowest BCUT2D eigenvalue weighted by Crippen LogP contribution is -2.41. The SMILES string of the molecule is CC(CC(=O)O)Cc1cc(C2CCN(C(=O)OC(C)(C)C)CC2)on1. The van der Waals surface area contributed by atoms with E-state index in [-0.39, 0.29) is 24.3 Å². The summed E-state index contributed by atoms with van der Waals surface area (Å²) in [6, 6.07) is 1.92. The van der Waals surface area contributed by atoms with Crippen molar-refractivity contribution in [2.24, 2.45) is 5.92 Å². The summed E-state index contributed by atoms with van der Waals surface area (Å²) in [6.07, 6.45) is 2.05. The Labute approximate surface area is 148 Å². The lowest BCUT2D eigenvalue weighted by atomic mass is 9.93. The first-order valence-electron chi connectivity index (χ1n) is 8.79. The lowest BCUT2D eigenvalue weighted by molar-refractivity contribution is -0.137. The Morgan fingerprint density at radius 1 is 1.40 bits per heavy atom. The summed E-state index contributed by atoms with van der Waals surface area (Å²) in [5.41, 5.74) is 0.304. The Morgan fingerprint density at radius 3 is 2.60 bits per heavy atom. The number of nitrogens with zero attached hydrogens (tertiary/aromatic N) is 2. The summed E-state index contributed by atoms with van der Waals surface area (Å²) < 4.78 is 10.9. The van der Waals surface area contributed by atoms with Gasteiger partial charge in [-0.2, -0.15) is 0 Å². The minimum atomic E-state index is -0.800. The van der Waals surface area contributed by atoms with Gasteiger partial charge in [-0.3, -0.25) is 4.79 Å². The summed E-state index contributed by atoms with van der Waals surface area (Å²) in [5.74, 6) is 0.270. The van der Waals surface area contributed by atoms with Crippen molar-refractivity contribution < 1.29 is 24.0 Å². The molecule has 1 fully saturated rings. The lowest BCUT2D eigenvalue weighted by Gasteiger charge is -2.32. The maximum Gasteiger partial charge on any atom is 0.410 e. The predicted molar refractivity (Wildman–Crippen MR) is 91.4 cm³/mol. The van der Waals surface area contributed by atoms with Crippen molar-refractivity contribution in [3.8, 4) is 0 Å². The molecule has 0 radical (unpaired) electrons. The van der Waals surface area contributed by atoms with Gasteiger partial charge in [0.2, 0.25) is 0 Å². The zero-order chi connectivity index (χ0) is 18.6. The molecule has 1 aromatic rings. The second-order valence-corrected chi connectivity index (χ2v) is 7.87. The molecule has 25 heavy (non-hydrogen) atoms. The zero-order valence-corrected chi connectivity index (χ0v) is 15.4. The molecule has 7 nitrogen and oxygen atoms in total. The molecule has 1 aliphatic heterocycles. The van der Waals surface area contributed by atoms with Gasteiger partial charge in [0, 0.05) is 31.5 Å². The quantitative estimate of drug-likeness (QED) is 0.872. The molecule has 1 N–H and O–H groups in total. The Bertz CT molecular complexity index is 597. The number of likely N-dealkylation sites (tertiary alicyclic amines) is 1. The molecule has 0 spiro atoms. The van der Waals surface area contributed by atoms with Gasteiger partial charge >= 0.3 is 12.1 Å². The number of ether oxygens (including phenoxy) is 1. The molecule has 7 heteroatoms. The normalized spacial score (nSPS) is 17.4. The van der Waals surface area contributed by atoms with E-state index < -0.39 is 11.6 Å². The van der Waals surface area contributed by atoms with E-state index >= 15 is 0 Å². The van der Waals surface area contributed by atoms with Gasteiger partial charge in [0.05, 0.1) is 5.69 Å². The first-order valence-corrected chi connectivity index (χ1v) is 8.79. The van der Waals surface area contributed by atoms with Crippen LogP contribution >= 0.6 is 0 Å². The number of hydrogen-bond acceptors (Lipinski definition) is 5. The molecule has 1 aliphatic rings. The van der Waals surface area contributed by atoms with Crippen LogP contribution in [0.5, 0.6) is 0 Å². The highest BCUT2D eigenvalue weighted by molar-refractivity contribution is 5.68. The van der Waals surface area contributed by atoms with E-state index in [9.17, 15) is 9.59 Å². The van der Waals surface area contributed by atoms with Crippen LogP contribution in [0.4, 0.5) is 4.79 Å². The number of aromatic nitrogens is 1. The largest absolute Gasteiger partial charge is 0.481 e.